The summed E-state index contributed by atoms with van der Waals surface area (Å²) in [6.45, 7) is 0. The van der Waals surface area contributed by atoms with Gasteiger partial charge in [0.25, 0.3) is 0 Å². The number of hydrogen-bond donors (Lipinski definition) is 1. The molecular weight excluding hydrogens is 178 g/mol. The number of rotatable bonds is 2. The molecule has 0 radical (unpaired) electrons. The third kappa shape index (κ3) is 1.73. The Labute approximate surface area is 83.7 Å². The molecule has 3 heteroatoms. The van der Waals surface area contributed by atoms with Gasteiger partial charge >= 0.3 is 0 Å². The van der Waals surface area contributed by atoms with E-state index in [0.717, 1.165) is 30.6 Å². The molecule has 2 atom stereocenters. The minimum atomic E-state index is -0.205. The van der Waals surface area contributed by atoms with Gasteiger partial charge in [0.05, 0.1) is 19.4 Å². The standard InChI is InChI=1S/C11H15NO2/c1-14-9-5-8(6-12-7-9)10-3-2-4-11(10)13/h5-7,10-11,13H,2-4H2,1H3. The van der Waals surface area contributed by atoms with Crippen LogP contribution in [0.15, 0.2) is 18.5 Å². The topological polar surface area (TPSA) is 42.4 Å². The van der Waals surface area contributed by atoms with E-state index in [1.54, 1.807) is 13.3 Å². The Morgan fingerprint density at radius 2 is 2.29 bits per heavy atom. The first-order chi connectivity index (χ1) is 6.81. The zero-order valence-corrected chi connectivity index (χ0v) is 8.31. The zero-order valence-electron chi connectivity index (χ0n) is 8.31. The summed E-state index contributed by atoms with van der Waals surface area (Å²) in [4.78, 5) is 4.10. The van der Waals surface area contributed by atoms with Gasteiger partial charge in [0.15, 0.2) is 0 Å². The minimum absolute atomic E-state index is 0.205. The van der Waals surface area contributed by atoms with Gasteiger partial charge in [-0.15, -0.1) is 0 Å². The Morgan fingerprint density at radius 1 is 1.43 bits per heavy atom. The number of hydrogen-bond acceptors (Lipinski definition) is 3. The number of nitrogens with zero attached hydrogens (tertiary/aromatic N) is 1. The summed E-state index contributed by atoms with van der Waals surface area (Å²) >= 11 is 0. The summed E-state index contributed by atoms with van der Waals surface area (Å²) < 4.78 is 5.11. The van der Waals surface area contributed by atoms with Crippen LogP contribution in [0.25, 0.3) is 0 Å². The SMILES string of the molecule is COc1cncc(C2CCCC2O)c1. The van der Waals surface area contributed by atoms with Crippen LogP contribution >= 0.6 is 0 Å². The molecule has 0 bridgehead atoms. The van der Waals surface area contributed by atoms with E-state index in [9.17, 15) is 5.11 Å². The van der Waals surface area contributed by atoms with Crippen molar-refractivity contribution in [2.45, 2.75) is 31.3 Å². The molecule has 14 heavy (non-hydrogen) atoms. The number of aromatic nitrogens is 1. The lowest BCUT2D eigenvalue weighted by molar-refractivity contribution is 0.163. The second-order valence-corrected chi connectivity index (χ2v) is 3.76. The van der Waals surface area contributed by atoms with Gasteiger partial charge in [-0.25, -0.2) is 0 Å². The molecule has 0 spiro atoms. The van der Waals surface area contributed by atoms with Crippen LogP contribution < -0.4 is 4.74 Å². The van der Waals surface area contributed by atoms with Crippen LogP contribution in [-0.2, 0) is 0 Å². The summed E-state index contributed by atoms with van der Waals surface area (Å²) in [5.41, 5.74) is 1.09. The summed E-state index contributed by atoms with van der Waals surface area (Å²) in [6, 6.07) is 1.96. The Bertz CT molecular complexity index is 314. The fourth-order valence-electron chi connectivity index (χ4n) is 2.08. The average Bonchev–Trinajstić information content (AvgIpc) is 2.65. The van der Waals surface area contributed by atoms with E-state index >= 15 is 0 Å². The van der Waals surface area contributed by atoms with Crippen molar-refractivity contribution in [2.24, 2.45) is 0 Å². The van der Waals surface area contributed by atoms with Gasteiger partial charge in [-0.3, -0.25) is 4.98 Å². The molecule has 3 nitrogen and oxygen atoms in total. The van der Waals surface area contributed by atoms with Crippen molar-refractivity contribution >= 4 is 0 Å². The van der Waals surface area contributed by atoms with Crippen LogP contribution in [0, 0.1) is 0 Å². The predicted octanol–water partition coefficient (Wildman–Crippen LogP) is 1.72. The number of ether oxygens (including phenoxy) is 1. The molecule has 2 unspecified atom stereocenters. The molecule has 0 aliphatic heterocycles. The van der Waals surface area contributed by atoms with Gasteiger partial charge < -0.3 is 9.84 Å². The molecular formula is C11H15NO2. The maximum Gasteiger partial charge on any atom is 0.137 e. The van der Waals surface area contributed by atoms with Crippen molar-refractivity contribution in [2.75, 3.05) is 7.11 Å². The van der Waals surface area contributed by atoms with Crippen LogP contribution in [-0.4, -0.2) is 23.3 Å². The minimum Gasteiger partial charge on any atom is -0.495 e. The van der Waals surface area contributed by atoms with Crippen LogP contribution in [0.1, 0.15) is 30.7 Å². The predicted molar refractivity (Wildman–Crippen MR) is 53.4 cm³/mol. The van der Waals surface area contributed by atoms with E-state index in [-0.39, 0.29) is 12.0 Å². The van der Waals surface area contributed by atoms with Gasteiger partial charge in [-0.05, 0) is 24.5 Å². The number of aliphatic hydroxyl groups excluding tert-OH is 1. The maximum absolute atomic E-state index is 9.74. The van der Waals surface area contributed by atoms with Crippen LogP contribution in [0.5, 0.6) is 5.75 Å². The fourth-order valence-corrected chi connectivity index (χ4v) is 2.08. The van der Waals surface area contributed by atoms with E-state index in [0.29, 0.717) is 0 Å². The van der Waals surface area contributed by atoms with Crippen molar-refractivity contribution in [1.82, 2.24) is 4.98 Å². The molecule has 2 rings (SSSR count). The fraction of sp³-hybridized carbons (Fsp3) is 0.545. The van der Waals surface area contributed by atoms with Crippen LogP contribution in [0.4, 0.5) is 0 Å². The van der Waals surface area contributed by atoms with Gasteiger partial charge in [-0.1, -0.05) is 6.42 Å². The molecule has 1 saturated carbocycles. The van der Waals surface area contributed by atoms with E-state index in [1.807, 2.05) is 12.3 Å². The van der Waals surface area contributed by atoms with E-state index in [2.05, 4.69) is 4.98 Å². The normalized spacial score (nSPS) is 26.4. The lowest BCUT2D eigenvalue weighted by atomic mass is 9.97. The Morgan fingerprint density at radius 3 is 2.93 bits per heavy atom. The van der Waals surface area contributed by atoms with Crippen LogP contribution in [0.2, 0.25) is 0 Å². The summed E-state index contributed by atoms with van der Waals surface area (Å²) in [5.74, 6) is 1.01. The first-order valence-corrected chi connectivity index (χ1v) is 4.98. The van der Waals surface area contributed by atoms with E-state index in [4.69, 9.17) is 4.74 Å². The highest BCUT2D eigenvalue weighted by Crippen LogP contribution is 2.35. The van der Waals surface area contributed by atoms with Crippen LogP contribution in [0.3, 0.4) is 0 Å². The molecule has 1 aliphatic carbocycles. The number of methoxy groups -OCH3 is 1. The van der Waals surface area contributed by atoms with Crippen molar-refractivity contribution in [1.29, 1.82) is 0 Å². The summed E-state index contributed by atoms with van der Waals surface area (Å²) in [6.07, 6.45) is 6.36. The monoisotopic (exact) mass is 193 g/mol. The highest BCUT2D eigenvalue weighted by atomic mass is 16.5. The largest absolute Gasteiger partial charge is 0.495 e. The maximum atomic E-state index is 9.74. The highest BCUT2D eigenvalue weighted by molar-refractivity contribution is 5.27. The quantitative estimate of drug-likeness (QED) is 0.777. The molecule has 0 aromatic carbocycles. The lowest BCUT2D eigenvalue weighted by Gasteiger charge is -2.14. The first-order valence-electron chi connectivity index (χ1n) is 4.98. The molecule has 1 aliphatic rings. The molecule has 1 fully saturated rings. The molecule has 76 valence electrons. The zero-order chi connectivity index (χ0) is 9.97. The second kappa shape index (κ2) is 3.96. The molecule has 0 amide bonds. The van der Waals surface area contributed by atoms with Gasteiger partial charge in [0, 0.05) is 12.1 Å². The molecule has 1 heterocycles. The van der Waals surface area contributed by atoms with Gasteiger partial charge in [0.1, 0.15) is 5.75 Å². The number of pyridine rings is 1. The van der Waals surface area contributed by atoms with Crippen molar-refractivity contribution in [3.8, 4) is 5.75 Å². The Hall–Kier alpha value is -1.09. The Kier molecular flexibility index (Phi) is 2.68. The lowest BCUT2D eigenvalue weighted by Crippen LogP contribution is -2.11. The summed E-state index contributed by atoms with van der Waals surface area (Å²) in [5, 5.41) is 9.74. The second-order valence-electron chi connectivity index (χ2n) is 3.76. The molecule has 0 saturated heterocycles. The smallest absolute Gasteiger partial charge is 0.137 e. The van der Waals surface area contributed by atoms with Gasteiger partial charge in [-0.2, -0.15) is 0 Å². The molecule has 1 aromatic heterocycles. The number of aliphatic hydroxyl groups is 1. The molecule has 1 aromatic rings. The van der Waals surface area contributed by atoms with Crippen molar-refractivity contribution in [3.05, 3.63) is 24.0 Å². The van der Waals surface area contributed by atoms with E-state index in [1.165, 1.54) is 0 Å². The first kappa shape index (κ1) is 9.46. The highest BCUT2D eigenvalue weighted by Gasteiger charge is 2.26. The van der Waals surface area contributed by atoms with Crippen molar-refractivity contribution < 1.29 is 9.84 Å². The average molecular weight is 193 g/mol. The Balaban J connectivity index is 2.22. The summed E-state index contributed by atoms with van der Waals surface area (Å²) in [7, 11) is 1.63. The molecule has 1 N–H and O–H groups in total. The van der Waals surface area contributed by atoms with E-state index < -0.39 is 0 Å². The van der Waals surface area contributed by atoms with Crippen molar-refractivity contribution in [3.63, 3.8) is 0 Å². The third-order valence-corrected chi connectivity index (χ3v) is 2.88. The third-order valence-electron chi connectivity index (χ3n) is 2.88. The van der Waals surface area contributed by atoms with Gasteiger partial charge in [0.2, 0.25) is 0 Å².